The van der Waals surface area contributed by atoms with E-state index in [-0.39, 0.29) is 17.7 Å². The van der Waals surface area contributed by atoms with Crippen molar-refractivity contribution >= 4 is 38.6 Å². The molecule has 2 aromatic heterocycles. The Morgan fingerprint density at radius 2 is 2.19 bits per heavy atom. The Labute approximate surface area is 130 Å². The molecule has 21 heavy (non-hydrogen) atoms. The van der Waals surface area contributed by atoms with E-state index in [0.29, 0.717) is 11.4 Å². The lowest BCUT2D eigenvalue weighted by Gasteiger charge is -2.10. The van der Waals surface area contributed by atoms with Gasteiger partial charge in [-0.2, -0.15) is 5.10 Å². The van der Waals surface area contributed by atoms with Crippen LogP contribution in [-0.2, 0) is 0 Å². The van der Waals surface area contributed by atoms with E-state index >= 15 is 0 Å². The van der Waals surface area contributed by atoms with Crippen LogP contribution in [0.2, 0.25) is 0 Å². The molecule has 0 aliphatic rings. The molecule has 3 rings (SSSR count). The highest BCUT2D eigenvalue weighted by Crippen LogP contribution is 2.27. The maximum atomic E-state index is 12.3. The highest BCUT2D eigenvalue weighted by Gasteiger charge is 2.16. The van der Waals surface area contributed by atoms with Gasteiger partial charge in [0.15, 0.2) is 5.76 Å². The minimum atomic E-state index is -0.291. The Morgan fingerprint density at radius 3 is 2.90 bits per heavy atom. The number of fused-ring (bicyclic) bond motifs is 1. The number of furan rings is 1. The van der Waals surface area contributed by atoms with Crippen LogP contribution in [0.15, 0.2) is 45.4 Å². The van der Waals surface area contributed by atoms with Crippen LogP contribution >= 0.6 is 15.9 Å². The van der Waals surface area contributed by atoms with E-state index in [2.05, 4.69) is 26.3 Å². The zero-order valence-corrected chi connectivity index (χ0v) is 13.2. The van der Waals surface area contributed by atoms with Gasteiger partial charge in [-0.25, -0.2) is 4.68 Å². The molecular formula is C15H14BrN3O2. The second-order valence-corrected chi connectivity index (χ2v) is 5.83. The summed E-state index contributed by atoms with van der Waals surface area (Å²) in [5.74, 6) is 0.628. The largest absolute Gasteiger partial charge is 0.450 e. The smallest absolute Gasteiger partial charge is 0.292 e. The van der Waals surface area contributed by atoms with Crippen LogP contribution in [0.4, 0.5) is 5.82 Å². The Bertz CT molecular complexity index is 804. The van der Waals surface area contributed by atoms with Crippen LogP contribution in [0.5, 0.6) is 0 Å². The number of halogens is 1. The molecule has 5 nitrogen and oxygen atoms in total. The van der Waals surface area contributed by atoms with Crippen LogP contribution < -0.4 is 5.32 Å². The van der Waals surface area contributed by atoms with E-state index in [1.165, 1.54) is 0 Å². The zero-order valence-electron chi connectivity index (χ0n) is 11.6. The van der Waals surface area contributed by atoms with Gasteiger partial charge in [-0.05, 0) is 41.9 Å². The van der Waals surface area contributed by atoms with Gasteiger partial charge in [-0.15, -0.1) is 0 Å². The van der Waals surface area contributed by atoms with E-state index in [9.17, 15) is 4.79 Å². The summed E-state index contributed by atoms with van der Waals surface area (Å²) in [4.78, 5) is 12.3. The van der Waals surface area contributed by atoms with Gasteiger partial charge in [-0.1, -0.05) is 12.1 Å². The predicted molar refractivity (Wildman–Crippen MR) is 84.5 cm³/mol. The van der Waals surface area contributed by atoms with E-state index < -0.39 is 0 Å². The first kappa shape index (κ1) is 13.9. The molecule has 3 aromatic rings. The molecule has 1 amide bonds. The molecule has 1 aromatic carbocycles. The zero-order chi connectivity index (χ0) is 15.0. The first-order chi connectivity index (χ1) is 10.1. The molecule has 0 aliphatic carbocycles. The quantitative estimate of drug-likeness (QED) is 0.771. The number of carbonyl (C=O) groups excluding carboxylic acids is 1. The fourth-order valence-electron chi connectivity index (χ4n) is 2.14. The van der Waals surface area contributed by atoms with Gasteiger partial charge in [0.2, 0.25) is 0 Å². The summed E-state index contributed by atoms with van der Waals surface area (Å²) in [5.41, 5.74) is 0.667. The first-order valence-corrected chi connectivity index (χ1v) is 7.38. The second-order valence-electron chi connectivity index (χ2n) is 4.98. The molecule has 2 heterocycles. The molecule has 0 spiro atoms. The minimum Gasteiger partial charge on any atom is -0.450 e. The van der Waals surface area contributed by atoms with Crippen molar-refractivity contribution in [2.24, 2.45) is 0 Å². The third-order valence-corrected chi connectivity index (χ3v) is 3.75. The van der Waals surface area contributed by atoms with Crippen molar-refractivity contribution in [2.75, 3.05) is 5.32 Å². The summed E-state index contributed by atoms with van der Waals surface area (Å²) in [5, 5.41) is 7.89. The summed E-state index contributed by atoms with van der Waals surface area (Å²) in [7, 11) is 0. The third-order valence-electron chi connectivity index (χ3n) is 3.12. The number of carbonyl (C=O) groups is 1. The van der Waals surface area contributed by atoms with Gasteiger partial charge in [0.25, 0.3) is 5.91 Å². The molecule has 0 unspecified atom stereocenters. The standard InChI is InChI=1S/C15H14BrN3O2/c1-9(2)19-13(6-7-17-19)18-15(20)12-8-10-4-3-5-11(16)14(10)21-12/h3-9H,1-2H3,(H,18,20). The average molecular weight is 348 g/mol. The third kappa shape index (κ3) is 2.58. The molecule has 0 saturated heterocycles. The molecule has 0 fully saturated rings. The lowest BCUT2D eigenvalue weighted by molar-refractivity contribution is 0.0997. The lowest BCUT2D eigenvalue weighted by Crippen LogP contribution is -2.16. The van der Waals surface area contributed by atoms with E-state index in [1.54, 1.807) is 23.0 Å². The maximum absolute atomic E-state index is 12.3. The van der Waals surface area contributed by atoms with Crippen LogP contribution in [0.25, 0.3) is 11.0 Å². The predicted octanol–water partition coefficient (Wildman–Crippen LogP) is 4.23. The number of para-hydroxylation sites is 1. The minimum absolute atomic E-state index is 0.167. The van der Waals surface area contributed by atoms with Crippen LogP contribution in [0.3, 0.4) is 0 Å². The molecule has 0 atom stereocenters. The number of anilines is 1. The van der Waals surface area contributed by atoms with Gasteiger partial charge in [0.05, 0.1) is 10.7 Å². The van der Waals surface area contributed by atoms with Crippen molar-refractivity contribution in [2.45, 2.75) is 19.9 Å². The SMILES string of the molecule is CC(C)n1nccc1NC(=O)c1cc2cccc(Br)c2o1. The molecule has 0 bridgehead atoms. The van der Waals surface area contributed by atoms with E-state index in [0.717, 1.165) is 9.86 Å². The molecule has 0 radical (unpaired) electrons. The van der Waals surface area contributed by atoms with Crippen LogP contribution in [0, 0.1) is 0 Å². The van der Waals surface area contributed by atoms with Crippen molar-refractivity contribution in [1.82, 2.24) is 9.78 Å². The Morgan fingerprint density at radius 1 is 1.38 bits per heavy atom. The highest BCUT2D eigenvalue weighted by molar-refractivity contribution is 9.10. The first-order valence-electron chi connectivity index (χ1n) is 6.59. The Balaban J connectivity index is 1.90. The number of nitrogens with zero attached hydrogens (tertiary/aromatic N) is 2. The van der Waals surface area contributed by atoms with Crippen molar-refractivity contribution < 1.29 is 9.21 Å². The molecule has 6 heteroatoms. The van der Waals surface area contributed by atoms with Crippen molar-refractivity contribution in [3.8, 4) is 0 Å². The van der Waals surface area contributed by atoms with Crippen LogP contribution in [-0.4, -0.2) is 15.7 Å². The fourth-order valence-corrected chi connectivity index (χ4v) is 2.60. The summed E-state index contributed by atoms with van der Waals surface area (Å²) < 4.78 is 8.19. The molecule has 0 saturated carbocycles. The van der Waals surface area contributed by atoms with Crippen LogP contribution in [0.1, 0.15) is 30.4 Å². The van der Waals surface area contributed by atoms with Crippen molar-refractivity contribution in [3.05, 3.63) is 46.8 Å². The van der Waals surface area contributed by atoms with Gasteiger partial charge >= 0.3 is 0 Å². The molecule has 0 aliphatic heterocycles. The van der Waals surface area contributed by atoms with Crippen molar-refractivity contribution in [1.29, 1.82) is 0 Å². The molecule has 108 valence electrons. The number of hydrogen-bond donors (Lipinski definition) is 1. The summed E-state index contributed by atoms with van der Waals surface area (Å²) >= 11 is 3.41. The number of aromatic nitrogens is 2. The van der Waals surface area contributed by atoms with Crippen molar-refractivity contribution in [3.63, 3.8) is 0 Å². The number of nitrogens with one attached hydrogen (secondary N) is 1. The Kier molecular flexibility index (Phi) is 3.55. The number of benzene rings is 1. The van der Waals surface area contributed by atoms with Gasteiger partial charge in [0.1, 0.15) is 11.4 Å². The molecule has 1 N–H and O–H groups in total. The normalized spacial score (nSPS) is 11.2. The number of hydrogen-bond acceptors (Lipinski definition) is 3. The fraction of sp³-hybridized carbons (Fsp3) is 0.200. The highest BCUT2D eigenvalue weighted by atomic mass is 79.9. The van der Waals surface area contributed by atoms with Gasteiger partial charge < -0.3 is 9.73 Å². The number of amides is 1. The van der Waals surface area contributed by atoms with E-state index in [4.69, 9.17) is 4.42 Å². The van der Waals surface area contributed by atoms with Gasteiger partial charge in [-0.3, -0.25) is 4.79 Å². The summed E-state index contributed by atoms with van der Waals surface area (Å²) in [6, 6.07) is 9.33. The lowest BCUT2D eigenvalue weighted by atomic mass is 10.2. The second kappa shape index (κ2) is 5.37. The average Bonchev–Trinajstić information content (AvgIpc) is 3.05. The van der Waals surface area contributed by atoms with E-state index in [1.807, 2.05) is 32.0 Å². The summed E-state index contributed by atoms with van der Waals surface area (Å²) in [6.45, 7) is 4.00. The monoisotopic (exact) mass is 347 g/mol. The molecular weight excluding hydrogens is 334 g/mol. The summed E-state index contributed by atoms with van der Waals surface area (Å²) in [6.07, 6.45) is 1.66. The maximum Gasteiger partial charge on any atom is 0.292 e. The number of rotatable bonds is 3. The van der Waals surface area contributed by atoms with Gasteiger partial charge in [0, 0.05) is 17.5 Å². The topological polar surface area (TPSA) is 60.1 Å². The Hall–Kier alpha value is -2.08.